The van der Waals surface area contributed by atoms with Crippen molar-refractivity contribution >= 4 is 40.6 Å². The van der Waals surface area contributed by atoms with E-state index in [1.807, 2.05) is 26.0 Å². The monoisotopic (exact) mass is 525 g/mol. The van der Waals surface area contributed by atoms with Gasteiger partial charge in [0.1, 0.15) is 16.7 Å². The predicted octanol–water partition coefficient (Wildman–Crippen LogP) is 3.26. The Bertz CT molecular complexity index is 1320. The highest BCUT2D eigenvalue weighted by Crippen LogP contribution is 2.35. The van der Waals surface area contributed by atoms with E-state index in [4.69, 9.17) is 16.2 Å². The molecule has 1 fully saturated rings. The quantitative estimate of drug-likeness (QED) is 0.412. The number of rotatable bonds is 8. The number of nitrogens with one attached hydrogen (secondary N) is 1. The molecule has 5 N–H and O–H groups in total. The molecule has 0 bridgehead atoms. The number of nitrogen functional groups attached to an aromatic ring is 1. The number of nitrogens with zero attached hydrogens (tertiary/aromatic N) is 2. The first-order valence-corrected chi connectivity index (χ1v) is 12.5. The van der Waals surface area contributed by atoms with E-state index in [1.165, 1.54) is 29.2 Å². The molecular formula is C26H28FN5O4S. The molecule has 2 heterocycles. The number of aromatic nitrogens is 1. The van der Waals surface area contributed by atoms with Gasteiger partial charge in [0.15, 0.2) is 5.69 Å². The van der Waals surface area contributed by atoms with Crippen LogP contribution < -0.4 is 21.7 Å². The number of ether oxygens (including phenoxy) is 1. The van der Waals surface area contributed by atoms with Gasteiger partial charge >= 0.3 is 0 Å². The fourth-order valence-electron chi connectivity index (χ4n) is 4.26. The van der Waals surface area contributed by atoms with E-state index in [1.54, 1.807) is 6.07 Å². The van der Waals surface area contributed by atoms with Crippen molar-refractivity contribution in [3.8, 4) is 0 Å². The molecule has 3 aromatic rings. The Hall–Kier alpha value is -3.83. The zero-order valence-corrected chi connectivity index (χ0v) is 21.3. The lowest BCUT2D eigenvalue weighted by Gasteiger charge is -2.33. The Balaban J connectivity index is 1.84. The Kier molecular flexibility index (Phi) is 7.84. The van der Waals surface area contributed by atoms with Crippen molar-refractivity contribution in [3.63, 3.8) is 0 Å². The summed E-state index contributed by atoms with van der Waals surface area (Å²) in [5, 5.41) is 2.90. The fourth-order valence-corrected chi connectivity index (χ4v) is 5.00. The van der Waals surface area contributed by atoms with Crippen molar-refractivity contribution in [1.29, 1.82) is 0 Å². The molecule has 194 valence electrons. The van der Waals surface area contributed by atoms with Crippen molar-refractivity contribution in [3.05, 3.63) is 75.5 Å². The van der Waals surface area contributed by atoms with Crippen LogP contribution >= 0.6 is 11.5 Å². The molecule has 1 aliphatic rings. The molecule has 1 saturated heterocycles. The van der Waals surface area contributed by atoms with Crippen molar-refractivity contribution in [2.75, 3.05) is 23.8 Å². The molecule has 4 rings (SSSR count). The number of hydrogen-bond acceptors (Lipinski definition) is 7. The minimum absolute atomic E-state index is 0.0336. The van der Waals surface area contributed by atoms with Crippen LogP contribution in [0.25, 0.3) is 0 Å². The maximum absolute atomic E-state index is 14.1. The van der Waals surface area contributed by atoms with Gasteiger partial charge < -0.3 is 21.5 Å². The maximum Gasteiger partial charge on any atom is 0.273 e. The van der Waals surface area contributed by atoms with Gasteiger partial charge in [-0.15, -0.1) is 0 Å². The molecule has 1 aromatic heterocycles. The summed E-state index contributed by atoms with van der Waals surface area (Å²) in [7, 11) is 0. The number of anilines is 2. The molecule has 1 aliphatic heterocycles. The summed E-state index contributed by atoms with van der Waals surface area (Å²) in [6, 6.07) is 9.70. The first-order valence-electron chi connectivity index (χ1n) is 11.8. The van der Waals surface area contributed by atoms with Crippen LogP contribution in [0.15, 0.2) is 42.5 Å². The van der Waals surface area contributed by atoms with E-state index in [0.29, 0.717) is 17.9 Å². The van der Waals surface area contributed by atoms with Gasteiger partial charge in [-0.2, -0.15) is 4.37 Å². The van der Waals surface area contributed by atoms with E-state index in [-0.39, 0.29) is 28.9 Å². The SMILES string of the molecule is Cc1ccc(C)c(N(C(=O)c2snc(C(N)=O)c2N)C(C(=O)NCC2CCCO2)c2ccc(F)cc2)c1. The lowest BCUT2D eigenvalue weighted by molar-refractivity contribution is -0.123. The summed E-state index contributed by atoms with van der Waals surface area (Å²) in [6.45, 7) is 4.57. The number of amides is 3. The lowest BCUT2D eigenvalue weighted by atomic mass is 10.00. The number of halogens is 1. The van der Waals surface area contributed by atoms with Crippen LogP contribution in [-0.2, 0) is 9.53 Å². The largest absolute Gasteiger partial charge is 0.395 e. The molecule has 2 aromatic carbocycles. The number of hydrogen-bond donors (Lipinski definition) is 3. The van der Waals surface area contributed by atoms with Crippen LogP contribution in [0.2, 0.25) is 0 Å². The van der Waals surface area contributed by atoms with Gasteiger partial charge in [-0.1, -0.05) is 24.3 Å². The Morgan fingerprint density at radius 2 is 1.95 bits per heavy atom. The van der Waals surface area contributed by atoms with Gasteiger partial charge in [-0.25, -0.2) is 4.39 Å². The van der Waals surface area contributed by atoms with Crippen LogP contribution in [-0.4, -0.2) is 41.4 Å². The molecule has 11 heteroatoms. The second kappa shape index (κ2) is 11.1. The van der Waals surface area contributed by atoms with E-state index in [0.717, 1.165) is 35.5 Å². The van der Waals surface area contributed by atoms with Crippen molar-refractivity contribution in [2.24, 2.45) is 5.73 Å². The summed E-state index contributed by atoms with van der Waals surface area (Å²) in [4.78, 5) is 40.9. The van der Waals surface area contributed by atoms with E-state index in [9.17, 15) is 18.8 Å². The molecule has 2 atom stereocenters. The first kappa shape index (κ1) is 26.2. The highest BCUT2D eigenvalue weighted by atomic mass is 32.1. The zero-order chi connectivity index (χ0) is 26.7. The Morgan fingerprint density at radius 1 is 1.22 bits per heavy atom. The van der Waals surface area contributed by atoms with Crippen molar-refractivity contribution in [2.45, 2.75) is 38.8 Å². The molecule has 0 saturated carbocycles. The average molecular weight is 526 g/mol. The van der Waals surface area contributed by atoms with Gasteiger partial charge in [0.25, 0.3) is 11.8 Å². The third-order valence-corrected chi connectivity index (χ3v) is 7.07. The smallest absolute Gasteiger partial charge is 0.273 e. The summed E-state index contributed by atoms with van der Waals surface area (Å²) in [5.74, 6) is -2.47. The number of benzene rings is 2. The van der Waals surface area contributed by atoms with E-state index >= 15 is 0 Å². The van der Waals surface area contributed by atoms with Crippen LogP contribution in [0.1, 0.15) is 55.7 Å². The van der Waals surface area contributed by atoms with Crippen LogP contribution in [0.4, 0.5) is 15.8 Å². The summed E-state index contributed by atoms with van der Waals surface area (Å²) in [5.41, 5.74) is 13.5. The number of carbonyl (C=O) groups excluding carboxylic acids is 3. The van der Waals surface area contributed by atoms with Gasteiger partial charge in [-0.05, 0) is 73.1 Å². The lowest BCUT2D eigenvalue weighted by Crippen LogP contribution is -2.46. The number of carbonyl (C=O) groups is 3. The summed E-state index contributed by atoms with van der Waals surface area (Å²) >= 11 is 0.727. The van der Waals surface area contributed by atoms with Crippen LogP contribution in [0, 0.1) is 19.7 Å². The van der Waals surface area contributed by atoms with E-state index < -0.39 is 29.6 Å². The van der Waals surface area contributed by atoms with E-state index in [2.05, 4.69) is 9.69 Å². The third-order valence-electron chi connectivity index (χ3n) is 6.22. The van der Waals surface area contributed by atoms with Gasteiger partial charge in [0.05, 0.1) is 11.8 Å². The number of aryl methyl sites for hydroxylation is 2. The molecule has 3 amide bonds. The van der Waals surface area contributed by atoms with Gasteiger partial charge in [-0.3, -0.25) is 19.3 Å². The number of nitrogens with two attached hydrogens (primary N) is 2. The standard InChI is InChI=1S/C26H28FN5O4S/c1-14-5-6-15(2)19(12-14)32(26(35)23-20(28)21(24(29)33)31-37-23)22(16-7-9-17(27)10-8-16)25(34)30-13-18-4-3-11-36-18/h5-10,12,18,22H,3-4,11,13,28H2,1-2H3,(H2,29,33)(H,30,34). The normalized spacial score (nSPS) is 15.8. The highest BCUT2D eigenvalue weighted by Gasteiger charge is 2.37. The van der Waals surface area contributed by atoms with Gasteiger partial charge in [0, 0.05) is 18.8 Å². The zero-order valence-electron chi connectivity index (χ0n) is 20.5. The van der Waals surface area contributed by atoms with Crippen molar-refractivity contribution < 1.29 is 23.5 Å². The summed E-state index contributed by atoms with van der Waals surface area (Å²) < 4.78 is 23.4. The van der Waals surface area contributed by atoms with Crippen molar-refractivity contribution in [1.82, 2.24) is 9.69 Å². The molecule has 0 spiro atoms. The molecule has 37 heavy (non-hydrogen) atoms. The summed E-state index contributed by atoms with van der Waals surface area (Å²) in [6.07, 6.45) is 1.59. The van der Waals surface area contributed by atoms with Crippen LogP contribution in [0.5, 0.6) is 0 Å². The maximum atomic E-state index is 14.1. The predicted molar refractivity (Wildman–Crippen MR) is 139 cm³/mol. The number of primary amides is 1. The average Bonchev–Trinajstić information content (AvgIpc) is 3.53. The van der Waals surface area contributed by atoms with Gasteiger partial charge in [0.2, 0.25) is 5.91 Å². The Morgan fingerprint density at radius 3 is 2.57 bits per heavy atom. The molecule has 0 aliphatic carbocycles. The molecule has 2 unspecified atom stereocenters. The highest BCUT2D eigenvalue weighted by molar-refractivity contribution is 7.09. The second-order valence-electron chi connectivity index (χ2n) is 8.94. The molecular weight excluding hydrogens is 497 g/mol. The first-order chi connectivity index (χ1) is 17.7. The topological polar surface area (TPSA) is 141 Å². The molecule has 9 nitrogen and oxygen atoms in total. The minimum Gasteiger partial charge on any atom is -0.395 e. The van der Waals surface area contributed by atoms with Crippen LogP contribution in [0.3, 0.4) is 0 Å². The fraction of sp³-hybridized carbons (Fsp3) is 0.308. The Labute approximate surface area is 217 Å². The second-order valence-corrected chi connectivity index (χ2v) is 9.71. The third kappa shape index (κ3) is 5.62. The minimum atomic E-state index is -1.19. The molecule has 0 radical (unpaired) electrons.